The van der Waals surface area contributed by atoms with Gasteiger partial charge in [0.05, 0.1) is 6.42 Å². The Bertz CT molecular complexity index is 279. The first-order chi connectivity index (χ1) is 7.64. The predicted molar refractivity (Wildman–Crippen MR) is 53.5 cm³/mol. The number of hydrogen-bond donors (Lipinski definition) is 3. The van der Waals surface area contributed by atoms with E-state index in [1.165, 1.54) is 13.8 Å². The summed E-state index contributed by atoms with van der Waals surface area (Å²) in [7, 11) is 0. The highest BCUT2D eigenvalue weighted by molar-refractivity contribution is 5.75. The number of hydrogen-bond acceptors (Lipinski definition) is 2. The Morgan fingerprint density at radius 3 is 2.18 bits per heavy atom. The van der Waals surface area contributed by atoms with Crippen molar-refractivity contribution in [2.75, 3.05) is 6.54 Å². The number of carbonyl (C=O) groups is 2. The second-order valence-corrected chi connectivity index (χ2v) is 3.81. The van der Waals surface area contributed by atoms with E-state index in [4.69, 9.17) is 5.11 Å². The summed E-state index contributed by atoms with van der Waals surface area (Å²) in [5.41, 5.74) is 0. The van der Waals surface area contributed by atoms with Crippen LogP contribution in [0.2, 0.25) is 0 Å². The summed E-state index contributed by atoms with van der Waals surface area (Å²) in [4.78, 5) is 21.2. The Labute approximate surface area is 96.4 Å². The van der Waals surface area contributed by atoms with Gasteiger partial charge in [0.15, 0.2) is 0 Å². The van der Waals surface area contributed by atoms with Crippen molar-refractivity contribution in [3.05, 3.63) is 0 Å². The second-order valence-electron chi connectivity index (χ2n) is 3.81. The number of rotatable bonds is 5. The lowest BCUT2D eigenvalue weighted by Crippen LogP contribution is -2.52. The van der Waals surface area contributed by atoms with E-state index in [-0.39, 0.29) is 13.0 Å². The van der Waals surface area contributed by atoms with Crippen molar-refractivity contribution in [1.29, 1.82) is 0 Å². The zero-order chi connectivity index (χ0) is 13.6. The van der Waals surface area contributed by atoms with Gasteiger partial charge in [-0.05, 0) is 5.92 Å². The summed E-state index contributed by atoms with van der Waals surface area (Å²) in [6.45, 7) is 2.44. The van der Waals surface area contributed by atoms with Crippen LogP contribution in [-0.2, 0) is 4.79 Å². The van der Waals surface area contributed by atoms with Gasteiger partial charge in [-0.25, -0.2) is 4.79 Å². The van der Waals surface area contributed by atoms with Crippen LogP contribution in [0.5, 0.6) is 0 Å². The topological polar surface area (TPSA) is 78.4 Å². The summed E-state index contributed by atoms with van der Waals surface area (Å²) >= 11 is 0. The Balaban J connectivity index is 4.19. The van der Waals surface area contributed by atoms with E-state index in [9.17, 15) is 22.8 Å². The van der Waals surface area contributed by atoms with E-state index in [1.54, 1.807) is 5.32 Å². The van der Waals surface area contributed by atoms with Gasteiger partial charge in [-0.1, -0.05) is 13.8 Å². The molecule has 0 radical (unpaired) electrons. The maximum atomic E-state index is 12.4. The maximum absolute atomic E-state index is 12.4. The van der Waals surface area contributed by atoms with Crippen LogP contribution in [0.1, 0.15) is 20.3 Å². The summed E-state index contributed by atoms with van der Waals surface area (Å²) in [6.07, 6.45) is -4.87. The molecule has 0 aromatic carbocycles. The van der Waals surface area contributed by atoms with Crippen molar-refractivity contribution in [3.8, 4) is 0 Å². The average molecular weight is 256 g/mol. The Morgan fingerprint density at radius 1 is 1.29 bits per heavy atom. The van der Waals surface area contributed by atoms with Crippen molar-refractivity contribution in [3.63, 3.8) is 0 Å². The smallest absolute Gasteiger partial charge is 0.408 e. The van der Waals surface area contributed by atoms with Crippen molar-refractivity contribution in [2.24, 2.45) is 5.92 Å². The molecule has 3 N–H and O–H groups in total. The molecule has 0 aromatic heterocycles. The average Bonchev–Trinajstić information content (AvgIpc) is 2.11. The van der Waals surface area contributed by atoms with Gasteiger partial charge in [0.1, 0.15) is 6.04 Å². The second kappa shape index (κ2) is 6.31. The van der Waals surface area contributed by atoms with Gasteiger partial charge >= 0.3 is 18.2 Å². The molecule has 2 amide bonds. The summed E-state index contributed by atoms with van der Waals surface area (Å²) in [6, 6.07) is -2.98. The van der Waals surface area contributed by atoms with E-state index >= 15 is 0 Å². The molecule has 100 valence electrons. The molecule has 0 aliphatic rings. The number of alkyl halides is 3. The summed E-state index contributed by atoms with van der Waals surface area (Å²) in [5, 5.41) is 12.1. The molecule has 1 atom stereocenters. The molecule has 0 saturated heterocycles. The molecule has 0 fully saturated rings. The lowest BCUT2D eigenvalue weighted by atomic mass is 10.0. The number of nitrogens with one attached hydrogen (secondary N) is 2. The van der Waals surface area contributed by atoms with Crippen LogP contribution in [0.15, 0.2) is 0 Å². The fraction of sp³-hybridized carbons (Fsp3) is 0.778. The Hall–Kier alpha value is -1.47. The van der Waals surface area contributed by atoms with Gasteiger partial charge < -0.3 is 15.7 Å². The standard InChI is InChI=1S/C9H15F3N2O3/c1-5(2)7(9(10,11)12)14-8(17)13-4-3-6(15)16/h5,7H,3-4H2,1-2H3,(H,15,16)(H2,13,14,17)/t7-/m0/s1. The highest BCUT2D eigenvalue weighted by Crippen LogP contribution is 2.25. The third-order valence-corrected chi connectivity index (χ3v) is 1.93. The van der Waals surface area contributed by atoms with Crippen LogP contribution in [-0.4, -0.2) is 35.9 Å². The highest BCUT2D eigenvalue weighted by Gasteiger charge is 2.42. The van der Waals surface area contributed by atoms with Crippen molar-refractivity contribution in [2.45, 2.75) is 32.5 Å². The molecule has 0 unspecified atom stereocenters. The molecule has 0 aromatic rings. The first kappa shape index (κ1) is 15.5. The van der Waals surface area contributed by atoms with E-state index < -0.39 is 30.1 Å². The fourth-order valence-electron chi connectivity index (χ4n) is 1.10. The zero-order valence-corrected chi connectivity index (χ0v) is 9.47. The van der Waals surface area contributed by atoms with E-state index in [2.05, 4.69) is 0 Å². The number of aliphatic carboxylic acids is 1. The fourth-order valence-corrected chi connectivity index (χ4v) is 1.10. The minimum Gasteiger partial charge on any atom is -0.481 e. The molecular formula is C9H15F3N2O3. The molecule has 0 bridgehead atoms. The molecule has 5 nitrogen and oxygen atoms in total. The largest absolute Gasteiger partial charge is 0.481 e. The molecular weight excluding hydrogens is 241 g/mol. The third-order valence-electron chi connectivity index (χ3n) is 1.93. The molecule has 0 aliphatic heterocycles. The first-order valence-electron chi connectivity index (χ1n) is 4.97. The van der Waals surface area contributed by atoms with Crippen LogP contribution < -0.4 is 10.6 Å². The zero-order valence-electron chi connectivity index (χ0n) is 9.47. The number of carbonyl (C=O) groups excluding carboxylic acids is 1. The van der Waals surface area contributed by atoms with Crippen molar-refractivity contribution in [1.82, 2.24) is 10.6 Å². The van der Waals surface area contributed by atoms with Crippen molar-refractivity contribution >= 4 is 12.0 Å². The molecule has 0 rings (SSSR count). The lowest BCUT2D eigenvalue weighted by Gasteiger charge is -2.24. The van der Waals surface area contributed by atoms with E-state index in [0.717, 1.165) is 0 Å². The van der Waals surface area contributed by atoms with Crippen LogP contribution >= 0.6 is 0 Å². The normalized spacial score (nSPS) is 13.3. The third kappa shape index (κ3) is 6.64. The molecule has 0 spiro atoms. The van der Waals surface area contributed by atoms with Crippen LogP contribution in [0.4, 0.5) is 18.0 Å². The minimum absolute atomic E-state index is 0.218. The van der Waals surface area contributed by atoms with Crippen LogP contribution in [0, 0.1) is 5.92 Å². The molecule has 0 saturated carbocycles. The monoisotopic (exact) mass is 256 g/mol. The Kier molecular flexibility index (Phi) is 5.77. The van der Waals surface area contributed by atoms with E-state index in [0.29, 0.717) is 0 Å². The number of carboxylic acids is 1. The SMILES string of the molecule is CC(C)[C@H](NC(=O)NCCC(=O)O)C(F)(F)F. The summed E-state index contributed by atoms with van der Waals surface area (Å²) in [5.74, 6) is -1.94. The number of carboxylic acid groups (broad SMARTS) is 1. The maximum Gasteiger partial charge on any atom is 0.408 e. The highest BCUT2D eigenvalue weighted by atomic mass is 19.4. The quantitative estimate of drug-likeness (QED) is 0.694. The van der Waals surface area contributed by atoms with Crippen LogP contribution in [0.25, 0.3) is 0 Å². The number of amides is 2. The molecule has 0 aliphatic carbocycles. The molecule has 0 heterocycles. The molecule has 17 heavy (non-hydrogen) atoms. The predicted octanol–water partition coefficient (Wildman–Crippen LogP) is 1.35. The van der Waals surface area contributed by atoms with E-state index in [1.807, 2.05) is 5.32 Å². The van der Waals surface area contributed by atoms with Gasteiger partial charge in [0, 0.05) is 6.54 Å². The van der Waals surface area contributed by atoms with Gasteiger partial charge in [-0.15, -0.1) is 0 Å². The number of halogens is 3. The number of urea groups is 1. The van der Waals surface area contributed by atoms with Gasteiger partial charge in [0.25, 0.3) is 0 Å². The van der Waals surface area contributed by atoms with Gasteiger partial charge in [0.2, 0.25) is 0 Å². The van der Waals surface area contributed by atoms with Crippen LogP contribution in [0.3, 0.4) is 0 Å². The van der Waals surface area contributed by atoms with Crippen molar-refractivity contribution < 1.29 is 27.9 Å². The van der Waals surface area contributed by atoms with Gasteiger partial charge in [-0.2, -0.15) is 13.2 Å². The summed E-state index contributed by atoms with van der Waals surface area (Å²) < 4.78 is 37.3. The minimum atomic E-state index is -4.53. The van der Waals surface area contributed by atoms with Gasteiger partial charge in [-0.3, -0.25) is 4.79 Å². The lowest BCUT2D eigenvalue weighted by molar-refractivity contribution is -0.162. The molecule has 8 heteroatoms. The Morgan fingerprint density at radius 2 is 1.82 bits per heavy atom. The first-order valence-corrected chi connectivity index (χ1v) is 4.97.